The fourth-order valence-electron chi connectivity index (χ4n) is 1.99. The van der Waals surface area contributed by atoms with Crippen molar-refractivity contribution >= 4 is 0 Å². The molecule has 0 radical (unpaired) electrons. The van der Waals surface area contributed by atoms with Crippen molar-refractivity contribution in [3.05, 3.63) is 64.7 Å². The Hall–Kier alpha value is -1.80. The molecule has 18 heavy (non-hydrogen) atoms. The standard InChI is InChI=1S/C16H19NO/c1-12-9-16(18)13(2)8-15(12)11-17-10-14-6-4-3-5-7-14/h3-9,17-18H,10-11H2,1-2H3. The number of phenolic OH excluding ortho intramolecular Hbond substituents is 1. The number of hydrogen-bond donors (Lipinski definition) is 2. The molecule has 0 bridgehead atoms. The minimum absolute atomic E-state index is 0.374. The summed E-state index contributed by atoms with van der Waals surface area (Å²) in [7, 11) is 0. The highest BCUT2D eigenvalue weighted by atomic mass is 16.3. The fraction of sp³-hybridized carbons (Fsp3) is 0.250. The van der Waals surface area contributed by atoms with Gasteiger partial charge in [0.05, 0.1) is 0 Å². The van der Waals surface area contributed by atoms with E-state index in [2.05, 4.69) is 17.4 Å². The van der Waals surface area contributed by atoms with Gasteiger partial charge in [-0.2, -0.15) is 0 Å². The molecule has 0 atom stereocenters. The van der Waals surface area contributed by atoms with Crippen LogP contribution in [0.1, 0.15) is 22.3 Å². The minimum atomic E-state index is 0.374. The molecule has 0 saturated heterocycles. The molecule has 2 rings (SSSR count). The van der Waals surface area contributed by atoms with Gasteiger partial charge in [-0.25, -0.2) is 0 Å². The largest absolute Gasteiger partial charge is 0.508 e. The first-order chi connectivity index (χ1) is 8.66. The second-order valence-electron chi connectivity index (χ2n) is 4.65. The Balaban J connectivity index is 1.97. The molecule has 0 saturated carbocycles. The molecular weight excluding hydrogens is 222 g/mol. The van der Waals surface area contributed by atoms with Crippen LogP contribution in [0.3, 0.4) is 0 Å². The molecule has 2 N–H and O–H groups in total. The molecule has 0 spiro atoms. The zero-order valence-electron chi connectivity index (χ0n) is 10.9. The maximum absolute atomic E-state index is 9.61. The van der Waals surface area contributed by atoms with Crippen molar-refractivity contribution in [3.63, 3.8) is 0 Å². The average molecular weight is 241 g/mol. The Morgan fingerprint density at radius 1 is 0.944 bits per heavy atom. The summed E-state index contributed by atoms with van der Waals surface area (Å²) in [4.78, 5) is 0. The summed E-state index contributed by atoms with van der Waals surface area (Å²) in [6.45, 7) is 5.64. The first-order valence-electron chi connectivity index (χ1n) is 6.20. The van der Waals surface area contributed by atoms with Gasteiger partial charge in [-0.3, -0.25) is 0 Å². The lowest BCUT2D eigenvalue weighted by Crippen LogP contribution is -2.13. The monoisotopic (exact) mass is 241 g/mol. The van der Waals surface area contributed by atoms with Gasteiger partial charge in [0.15, 0.2) is 0 Å². The van der Waals surface area contributed by atoms with Crippen LogP contribution in [0.2, 0.25) is 0 Å². The van der Waals surface area contributed by atoms with E-state index in [1.807, 2.05) is 44.2 Å². The predicted molar refractivity (Wildman–Crippen MR) is 74.6 cm³/mol. The molecule has 2 aromatic carbocycles. The third kappa shape index (κ3) is 3.11. The first-order valence-corrected chi connectivity index (χ1v) is 6.20. The molecule has 0 aromatic heterocycles. The molecule has 2 nitrogen and oxygen atoms in total. The molecule has 0 fully saturated rings. The first kappa shape index (κ1) is 12.7. The molecule has 2 aromatic rings. The van der Waals surface area contributed by atoms with E-state index in [0.717, 1.165) is 24.2 Å². The van der Waals surface area contributed by atoms with E-state index < -0.39 is 0 Å². The van der Waals surface area contributed by atoms with Crippen LogP contribution < -0.4 is 5.32 Å². The van der Waals surface area contributed by atoms with E-state index >= 15 is 0 Å². The molecule has 0 aliphatic rings. The van der Waals surface area contributed by atoms with Gasteiger partial charge < -0.3 is 10.4 Å². The summed E-state index contributed by atoms with van der Waals surface area (Å²) in [5.41, 5.74) is 4.57. The quantitative estimate of drug-likeness (QED) is 0.860. The van der Waals surface area contributed by atoms with Gasteiger partial charge in [-0.1, -0.05) is 36.4 Å². The van der Waals surface area contributed by atoms with Gasteiger partial charge in [0.2, 0.25) is 0 Å². The fourth-order valence-corrected chi connectivity index (χ4v) is 1.99. The number of rotatable bonds is 4. The zero-order chi connectivity index (χ0) is 13.0. The topological polar surface area (TPSA) is 32.3 Å². The predicted octanol–water partition coefficient (Wildman–Crippen LogP) is 3.30. The Labute approximate surface area is 108 Å². The van der Waals surface area contributed by atoms with Crippen molar-refractivity contribution in [1.29, 1.82) is 0 Å². The SMILES string of the molecule is Cc1cc(CNCc2ccccc2)c(C)cc1O. The van der Waals surface area contributed by atoms with E-state index in [0.29, 0.717) is 5.75 Å². The van der Waals surface area contributed by atoms with E-state index in [-0.39, 0.29) is 0 Å². The summed E-state index contributed by atoms with van der Waals surface area (Å²) in [5.74, 6) is 0.374. The number of benzene rings is 2. The van der Waals surface area contributed by atoms with Gasteiger partial charge >= 0.3 is 0 Å². The highest BCUT2D eigenvalue weighted by Gasteiger charge is 2.03. The smallest absolute Gasteiger partial charge is 0.118 e. The summed E-state index contributed by atoms with van der Waals surface area (Å²) >= 11 is 0. The zero-order valence-corrected chi connectivity index (χ0v) is 10.9. The number of aryl methyl sites for hydroxylation is 2. The van der Waals surface area contributed by atoms with Crippen LogP contribution in [0.15, 0.2) is 42.5 Å². The Morgan fingerprint density at radius 3 is 2.39 bits per heavy atom. The summed E-state index contributed by atoms with van der Waals surface area (Å²) < 4.78 is 0. The van der Waals surface area contributed by atoms with Crippen LogP contribution in [0.4, 0.5) is 0 Å². The lowest BCUT2D eigenvalue weighted by Gasteiger charge is -2.10. The number of hydrogen-bond acceptors (Lipinski definition) is 2. The molecule has 94 valence electrons. The molecule has 0 aliphatic carbocycles. The lowest BCUT2D eigenvalue weighted by atomic mass is 10.0. The minimum Gasteiger partial charge on any atom is -0.508 e. The van der Waals surface area contributed by atoms with E-state index in [9.17, 15) is 5.11 Å². The van der Waals surface area contributed by atoms with Gasteiger partial charge in [-0.15, -0.1) is 0 Å². The summed E-state index contributed by atoms with van der Waals surface area (Å²) in [6, 6.07) is 14.2. The van der Waals surface area contributed by atoms with Crippen molar-refractivity contribution in [2.45, 2.75) is 26.9 Å². The molecule has 0 unspecified atom stereocenters. The maximum Gasteiger partial charge on any atom is 0.118 e. The lowest BCUT2D eigenvalue weighted by molar-refractivity contribution is 0.470. The van der Waals surface area contributed by atoms with E-state index in [1.165, 1.54) is 11.1 Å². The van der Waals surface area contributed by atoms with Gasteiger partial charge in [-0.05, 0) is 42.2 Å². The van der Waals surface area contributed by atoms with Gasteiger partial charge in [0.25, 0.3) is 0 Å². The normalized spacial score (nSPS) is 10.6. The summed E-state index contributed by atoms with van der Waals surface area (Å²) in [5, 5.41) is 13.0. The van der Waals surface area contributed by atoms with Crippen LogP contribution in [0.5, 0.6) is 5.75 Å². The molecule has 0 aliphatic heterocycles. The Kier molecular flexibility index (Phi) is 4.00. The third-order valence-electron chi connectivity index (χ3n) is 3.14. The highest BCUT2D eigenvalue weighted by Crippen LogP contribution is 2.21. The molecule has 2 heteroatoms. The molecule has 0 amide bonds. The second kappa shape index (κ2) is 5.69. The van der Waals surface area contributed by atoms with Gasteiger partial charge in [0.1, 0.15) is 5.75 Å². The highest BCUT2D eigenvalue weighted by molar-refractivity contribution is 5.40. The van der Waals surface area contributed by atoms with Crippen molar-refractivity contribution in [3.8, 4) is 5.75 Å². The van der Waals surface area contributed by atoms with Gasteiger partial charge in [0, 0.05) is 13.1 Å². The third-order valence-corrected chi connectivity index (χ3v) is 3.14. The van der Waals surface area contributed by atoms with Crippen LogP contribution in [-0.2, 0) is 13.1 Å². The number of nitrogens with one attached hydrogen (secondary N) is 1. The van der Waals surface area contributed by atoms with Crippen molar-refractivity contribution in [1.82, 2.24) is 5.32 Å². The number of aromatic hydroxyl groups is 1. The Morgan fingerprint density at radius 2 is 1.67 bits per heavy atom. The molecular formula is C16H19NO. The maximum atomic E-state index is 9.61. The van der Waals surface area contributed by atoms with Crippen molar-refractivity contribution in [2.75, 3.05) is 0 Å². The number of phenols is 1. The molecule has 0 heterocycles. The van der Waals surface area contributed by atoms with E-state index in [4.69, 9.17) is 0 Å². The summed E-state index contributed by atoms with van der Waals surface area (Å²) in [6.07, 6.45) is 0. The second-order valence-corrected chi connectivity index (χ2v) is 4.65. The average Bonchev–Trinajstić information content (AvgIpc) is 2.37. The van der Waals surface area contributed by atoms with Crippen LogP contribution in [0.25, 0.3) is 0 Å². The van der Waals surface area contributed by atoms with Crippen LogP contribution in [0, 0.1) is 13.8 Å². The van der Waals surface area contributed by atoms with Crippen molar-refractivity contribution in [2.24, 2.45) is 0 Å². The van der Waals surface area contributed by atoms with Crippen LogP contribution in [-0.4, -0.2) is 5.11 Å². The Bertz CT molecular complexity index is 520. The van der Waals surface area contributed by atoms with Crippen LogP contribution >= 0.6 is 0 Å². The van der Waals surface area contributed by atoms with E-state index in [1.54, 1.807) is 0 Å². The van der Waals surface area contributed by atoms with Crippen molar-refractivity contribution < 1.29 is 5.11 Å².